The summed E-state index contributed by atoms with van der Waals surface area (Å²) in [5, 5.41) is 3.11. The van der Waals surface area contributed by atoms with Crippen LogP contribution < -0.4 is 5.32 Å². The molecule has 0 saturated heterocycles. The van der Waals surface area contributed by atoms with Gasteiger partial charge in [0.15, 0.2) is 0 Å². The van der Waals surface area contributed by atoms with Crippen molar-refractivity contribution in [2.24, 2.45) is 0 Å². The fourth-order valence-electron chi connectivity index (χ4n) is 1.73. The van der Waals surface area contributed by atoms with E-state index in [4.69, 9.17) is 0 Å². The molecule has 0 bridgehead atoms. The highest BCUT2D eigenvalue weighted by molar-refractivity contribution is 5.75. The van der Waals surface area contributed by atoms with Gasteiger partial charge in [-0.2, -0.15) is 0 Å². The topological polar surface area (TPSA) is 50.7 Å². The Labute approximate surface area is 109 Å². The van der Waals surface area contributed by atoms with Gasteiger partial charge in [-0.25, -0.2) is 9.37 Å². The van der Waals surface area contributed by atoms with Crippen molar-refractivity contribution in [1.29, 1.82) is 0 Å². The molecule has 1 aromatic carbocycles. The summed E-state index contributed by atoms with van der Waals surface area (Å²) in [6.45, 7) is 0.479. The van der Waals surface area contributed by atoms with E-state index in [1.807, 2.05) is 24.3 Å². The normalized spacial score (nSPS) is 10.6. The molecule has 19 heavy (non-hydrogen) atoms. The molecular weight excluding hydrogens is 243 g/mol. The highest BCUT2D eigenvalue weighted by Crippen LogP contribution is 2.11. The molecule has 94 valence electrons. The summed E-state index contributed by atoms with van der Waals surface area (Å²) in [4.78, 5) is 12.7. The molecule has 2 heterocycles. The third kappa shape index (κ3) is 2.65. The number of rotatable bonds is 3. The van der Waals surface area contributed by atoms with Gasteiger partial charge in [-0.3, -0.25) is 9.97 Å². The molecule has 0 aliphatic rings. The van der Waals surface area contributed by atoms with Crippen molar-refractivity contribution in [3.05, 3.63) is 60.3 Å². The third-order valence-corrected chi connectivity index (χ3v) is 2.69. The van der Waals surface area contributed by atoms with E-state index in [9.17, 15) is 4.39 Å². The molecule has 0 fully saturated rings. The number of hydrogen-bond donors (Lipinski definition) is 1. The lowest BCUT2D eigenvalue weighted by molar-refractivity contribution is 0.619. The Hall–Kier alpha value is -2.56. The number of benzene rings is 1. The van der Waals surface area contributed by atoms with Gasteiger partial charge < -0.3 is 5.32 Å². The molecule has 0 amide bonds. The Bertz CT molecular complexity index is 697. The van der Waals surface area contributed by atoms with Gasteiger partial charge in [-0.15, -0.1) is 0 Å². The summed E-state index contributed by atoms with van der Waals surface area (Å²) in [6, 6.07) is 10.7. The van der Waals surface area contributed by atoms with E-state index in [1.54, 1.807) is 12.3 Å². The Morgan fingerprint density at radius 2 is 1.79 bits per heavy atom. The number of pyridine rings is 1. The van der Waals surface area contributed by atoms with Crippen molar-refractivity contribution in [3.63, 3.8) is 0 Å². The van der Waals surface area contributed by atoms with Crippen LogP contribution in [0.4, 0.5) is 10.2 Å². The Morgan fingerprint density at radius 1 is 0.947 bits per heavy atom. The van der Waals surface area contributed by atoms with Crippen molar-refractivity contribution in [2.75, 3.05) is 5.32 Å². The molecule has 0 aliphatic heterocycles. The molecule has 0 saturated carbocycles. The number of para-hydroxylation sites is 2. The maximum atomic E-state index is 12.7. The van der Waals surface area contributed by atoms with E-state index >= 15 is 0 Å². The first kappa shape index (κ1) is 11.5. The molecule has 3 aromatic rings. The lowest BCUT2D eigenvalue weighted by Crippen LogP contribution is -2.03. The predicted molar refractivity (Wildman–Crippen MR) is 71.1 cm³/mol. The minimum Gasteiger partial charge on any atom is -0.363 e. The van der Waals surface area contributed by atoms with Crippen LogP contribution in [-0.2, 0) is 6.54 Å². The summed E-state index contributed by atoms with van der Waals surface area (Å²) in [7, 11) is 0. The zero-order valence-corrected chi connectivity index (χ0v) is 10.0. The summed E-state index contributed by atoms with van der Waals surface area (Å²) in [5.41, 5.74) is 2.43. The van der Waals surface area contributed by atoms with Gasteiger partial charge in [0.05, 0.1) is 35.7 Å². The van der Waals surface area contributed by atoms with E-state index in [1.165, 1.54) is 12.3 Å². The Morgan fingerprint density at radius 3 is 2.58 bits per heavy atom. The zero-order chi connectivity index (χ0) is 13.1. The van der Waals surface area contributed by atoms with Crippen LogP contribution in [0.3, 0.4) is 0 Å². The monoisotopic (exact) mass is 254 g/mol. The molecular formula is C14H11FN4. The van der Waals surface area contributed by atoms with E-state index in [2.05, 4.69) is 20.3 Å². The molecule has 2 aromatic heterocycles. The van der Waals surface area contributed by atoms with E-state index < -0.39 is 0 Å². The SMILES string of the molecule is Fc1ccc(CNc2cnc3ccccc3n2)nc1. The second-order valence-electron chi connectivity index (χ2n) is 4.07. The zero-order valence-electron chi connectivity index (χ0n) is 10.0. The molecule has 0 radical (unpaired) electrons. The molecule has 0 aliphatic carbocycles. The number of anilines is 1. The maximum Gasteiger partial charge on any atom is 0.145 e. The van der Waals surface area contributed by atoms with Gasteiger partial charge in [0.1, 0.15) is 11.6 Å². The molecule has 4 nitrogen and oxygen atoms in total. The van der Waals surface area contributed by atoms with Crippen molar-refractivity contribution in [3.8, 4) is 0 Å². The summed E-state index contributed by atoms with van der Waals surface area (Å²) in [6.07, 6.45) is 2.87. The first-order chi connectivity index (χ1) is 9.31. The number of aromatic nitrogens is 3. The predicted octanol–water partition coefficient (Wildman–Crippen LogP) is 2.78. The lowest BCUT2D eigenvalue weighted by atomic mass is 10.3. The van der Waals surface area contributed by atoms with Crippen molar-refractivity contribution < 1.29 is 4.39 Å². The number of halogens is 1. The summed E-state index contributed by atoms with van der Waals surface area (Å²) in [5.74, 6) is 0.332. The average Bonchev–Trinajstić information content (AvgIpc) is 2.46. The Kier molecular flexibility index (Phi) is 3.02. The minimum atomic E-state index is -0.339. The van der Waals surface area contributed by atoms with Gasteiger partial charge in [-0.05, 0) is 24.3 Å². The van der Waals surface area contributed by atoms with Crippen LogP contribution in [0.25, 0.3) is 11.0 Å². The average molecular weight is 254 g/mol. The van der Waals surface area contributed by atoms with Gasteiger partial charge in [-0.1, -0.05) is 12.1 Å². The van der Waals surface area contributed by atoms with Crippen LogP contribution in [0.15, 0.2) is 48.8 Å². The summed E-state index contributed by atoms with van der Waals surface area (Å²) < 4.78 is 12.7. The number of fused-ring (bicyclic) bond motifs is 1. The quantitative estimate of drug-likeness (QED) is 0.780. The minimum absolute atomic E-state index is 0.339. The van der Waals surface area contributed by atoms with Crippen LogP contribution in [0.5, 0.6) is 0 Å². The van der Waals surface area contributed by atoms with Crippen molar-refractivity contribution in [1.82, 2.24) is 15.0 Å². The van der Waals surface area contributed by atoms with E-state index in [-0.39, 0.29) is 5.82 Å². The number of nitrogens with zero attached hydrogens (tertiary/aromatic N) is 3. The standard InChI is InChI=1S/C14H11FN4/c15-10-5-6-11(16-7-10)8-18-14-9-17-12-3-1-2-4-13(12)19-14/h1-7,9H,8H2,(H,18,19). The van der Waals surface area contributed by atoms with Crippen LogP contribution in [0.1, 0.15) is 5.69 Å². The second kappa shape index (κ2) is 4.97. The number of nitrogens with one attached hydrogen (secondary N) is 1. The maximum absolute atomic E-state index is 12.7. The van der Waals surface area contributed by atoms with Gasteiger partial charge in [0, 0.05) is 0 Å². The van der Waals surface area contributed by atoms with Crippen molar-refractivity contribution >= 4 is 16.9 Å². The van der Waals surface area contributed by atoms with Gasteiger partial charge in [0.2, 0.25) is 0 Å². The van der Waals surface area contributed by atoms with Crippen LogP contribution in [0.2, 0.25) is 0 Å². The lowest BCUT2D eigenvalue weighted by Gasteiger charge is -2.05. The fourth-order valence-corrected chi connectivity index (χ4v) is 1.73. The third-order valence-electron chi connectivity index (χ3n) is 2.69. The van der Waals surface area contributed by atoms with Crippen molar-refractivity contribution in [2.45, 2.75) is 6.54 Å². The largest absolute Gasteiger partial charge is 0.363 e. The van der Waals surface area contributed by atoms with E-state index in [0.29, 0.717) is 12.4 Å². The van der Waals surface area contributed by atoms with Crippen LogP contribution in [0, 0.1) is 5.82 Å². The van der Waals surface area contributed by atoms with Crippen LogP contribution in [-0.4, -0.2) is 15.0 Å². The van der Waals surface area contributed by atoms with Crippen LogP contribution >= 0.6 is 0 Å². The molecule has 0 spiro atoms. The Balaban J connectivity index is 1.76. The first-order valence-electron chi connectivity index (χ1n) is 5.87. The molecule has 1 N–H and O–H groups in total. The van der Waals surface area contributed by atoms with Gasteiger partial charge in [0.25, 0.3) is 0 Å². The molecule has 0 unspecified atom stereocenters. The van der Waals surface area contributed by atoms with E-state index in [0.717, 1.165) is 16.7 Å². The molecule has 5 heteroatoms. The fraction of sp³-hybridized carbons (Fsp3) is 0.0714. The number of hydrogen-bond acceptors (Lipinski definition) is 4. The molecule has 3 rings (SSSR count). The molecule has 0 atom stereocenters. The highest BCUT2D eigenvalue weighted by Gasteiger charge is 2.00. The smallest absolute Gasteiger partial charge is 0.145 e. The van der Waals surface area contributed by atoms with Gasteiger partial charge >= 0.3 is 0 Å². The first-order valence-corrected chi connectivity index (χ1v) is 5.87. The second-order valence-corrected chi connectivity index (χ2v) is 4.07. The highest BCUT2D eigenvalue weighted by atomic mass is 19.1. The summed E-state index contributed by atoms with van der Waals surface area (Å²) >= 11 is 0.